The molecule has 5 rings (SSSR count). The minimum atomic E-state index is 0.638. The lowest BCUT2D eigenvalue weighted by atomic mass is 9.64. The highest BCUT2D eigenvalue weighted by atomic mass is 16.5. The number of hydrogen-bond donors (Lipinski definition) is 0. The van der Waals surface area contributed by atoms with Gasteiger partial charge in [0, 0.05) is 0 Å². The molecule has 0 radical (unpaired) electrons. The number of rotatable bonds is 1. The molecule has 5 aliphatic rings. The normalized spacial score (nSPS) is 39.9. The quantitative estimate of drug-likeness (QED) is 0.494. The lowest BCUT2D eigenvalue weighted by Crippen LogP contribution is -2.30. The van der Waals surface area contributed by atoms with Crippen molar-refractivity contribution in [2.45, 2.75) is 118 Å². The second-order valence-electron chi connectivity index (χ2n) is 7.72. The van der Waals surface area contributed by atoms with Crippen molar-refractivity contribution in [1.82, 2.24) is 0 Å². The van der Waals surface area contributed by atoms with Crippen LogP contribution in [0, 0.1) is 23.7 Å². The predicted molar refractivity (Wildman–Crippen MR) is 103 cm³/mol. The first-order chi connectivity index (χ1) is 11.2. The Morgan fingerprint density at radius 3 is 1.61 bits per heavy atom. The largest absolute Gasteiger partial charge is 0.375 e. The number of hydrogen-bond acceptors (Lipinski definition) is 1. The van der Waals surface area contributed by atoms with Gasteiger partial charge in [0.1, 0.15) is 0 Å². The minimum absolute atomic E-state index is 0.638. The molecule has 2 heterocycles. The maximum Gasteiger partial charge on any atom is 0.0582 e. The Morgan fingerprint density at radius 1 is 0.739 bits per heavy atom. The van der Waals surface area contributed by atoms with Gasteiger partial charge in [-0.2, -0.15) is 0 Å². The third kappa shape index (κ3) is 6.40. The summed E-state index contributed by atoms with van der Waals surface area (Å²) >= 11 is 0. The fourth-order valence-corrected chi connectivity index (χ4v) is 5.14. The van der Waals surface area contributed by atoms with E-state index in [1.54, 1.807) is 32.1 Å². The smallest absolute Gasteiger partial charge is 0.0582 e. The Kier molecular flexibility index (Phi) is 10.5. The molecule has 4 bridgehead atoms. The molecule has 2 aliphatic heterocycles. The molecule has 1 nitrogen and oxygen atoms in total. The van der Waals surface area contributed by atoms with Gasteiger partial charge in [-0.05, 0) is 68.6 Å². The van der Waals surface area contributed by atoms with Crippen molar-refractivity contribution in [2.24, 2.45) is 23.7 Å². The SMILES string of the molecule is CC.CC.CC1CC2CCC(C1)O2.CCC1CC2CCC1CC2. The first-order valence-electron chi connectivity index (χ1n) is 10.9. The average Bonchev–Trinajstić information content (AvgIpc) is 2.98. The highest BCUT2D eigenvalue weighted by Gasteiger charge is 2.34. The number of ether oxygens (including phenoxy) is 1. The maximum atomic E-state index is 5.67. The standard InChI is InChI=1S/C10H18.C8H14O.2C2H6/c1-2-9-7-8-3-5-10(9)6-4-8;1-6-4-7-2-3-8(5-6)9-7;2*1-2/h8-10H,2-7H2,1H3;6-8H,2-5H2,1H3;2*1-2H3. The monoisotopic (exact) mass is 324 g/mol. The minimum Gasteiger partial charge on any atom is -0.375 e. The van der Waals surface area contributed by atoms with Gasteiger partial charge in [0.15, 0.2) is 0 Å². The molecule has 0 aromatic carbocycles. The Balaban J connectivity index is 0.000000190. The molecule has 0 N–H and O–H groups in total. The van der Waals surface area contributed by atoms with Gasteiger partial charge < -0.3 is 4.74 Å². The third-order valence-corrected chi connectivity index (χ3v) is 6.24. The second kappa shape index (κ2) is 11.5. The van der Waals surface area contributed by atoms with Crippen LogP contribution in [0.25, 0.3) is 0 Å². The Morgan fingerprint density at radius 2 is 1.26 bits per heavy atom. The summed E-state index contributed by atoms with van der Waals surface area (Å²) in [5.41, 5.74) is 0. The summed E-state index contributed by atoms with van der Waals surface area (Å²) in [7, 11) is 0. The van der Waals surface area contributed by atoms with Crippen LogP contribution in [0.15, 0.2) is 0 Å². The molecule has 3 saturated carbocycles. The summed E-state index contributed by atoms with van der Waals surface area (Å²) in [6.07, 6.45) is 15.8. The first kappa shape index (κ1) is 21.0. The first-order valence-corrected chi connectivity index (χ1v) is 10.9. The summed E-state index contributed by atoms with van der Waals surface area (Å²) in [6, 6.07) is 0. The molecule has 0 spiro atoms. The molecule has 3 aliphatic carbocycles. The summed E-state index contributed by atoms with van der Waals surface area (Å²) < 4.78 is 5.67. The highest BCUT2D eigenvalue weighted by molar-refractivity contribution is 4.85. The van der Waals surface area contributed by atoms with Crippen molar-refractivity contribution in [2.75, 3.05) is 0 Å². The molecule has 23 heavy (non-hydrogen) atoms. The van der Waals surface area contributed by atoms with Crippen LogP contribution < -0.4 is 0 Å². The topological polar surface area (TPSA) is 9.23 Å². The van der Waals surface area contributed by atoms with Crippen LogP contribution in [0.4, 0.5) is 0 Å². The molecular weight excluding hydrogens is 280 g/mol. The van der Waals surface area contributed by atoms with Crippen LogP contribution in [0.5, 0.6) is 0 Å². The highest BCUT2D eigenvalue weighted by Crippen LogP contribution is 2.45. The van der Waals surface area contributed by atoms with E-state index in [1.807, 2.05) is 27.7 Å². The van der Waals surface area contributed by atoms with E-state index in [1.165, 1.54) is 32.1 Å². The molecule has 5 fully saturated rings. The van der Waals surface area contributed by atoms with E-state index in [0.717, 1.165) is 23.7 Å². The molecule has 3 unspecified atom stereocenters. The summed E-state index contributed by atoms with van der Waals surface area (Å²) in [4.78, 5) is 0. The van der Waals surface area contributed by atoms with Crippen LogP contribution in [-0.4, -0.2) is 12.2 Å². The zero-order chi connectivity index (χ0) is 17.2. The molecular formula is C22H44O. The fraction of sp³-hybridized carbons (Fsp3) is 1.00. The van der Waals surface area contributed by atoms with Crippen LogP contribution in [0.1, 0.15) is 106 Å². The maximum absolute atomic E-state index is 5.67. The van der Waals surface area contributed by atoms with Gasteiger partial charge in [0.2, 0.25) is 0 Å². The fourth-order valence-electron chi connectivity index (χ4n) is 5.14. The number of fused-ring (bicyclic) bond motifs is 5. The van der Waals surface area contributed by atoms with Crippen LogP contribution >= 0.6 is 0 Å². The summed E-state index contributed by atoms with van der Waals surface area (Å²) in [5, 5.41) is 0. The van der Waals surface area contributed by atoms with Crippen molar-refractivity contribution < 1.29 is 4.74 Å². The molecule has 2 saturated heterocycles. The van der Waals surface area contributed by atoms with E-state index in [2.05, 4.69) is 13.8 Å². The molecule has 1 heteroatoms. The Hall–Kier alpha value is -0.0400. The second-order valence-corrected chi connectivity index (χ2v) is 7.72. The van der Waals surface area contributed by atoms with Gasteiger partial charge in [-0.25, -0.2) is 0 Å². The summed E-state index contributed by atoms with van der Waals surface area (Å²) in [6.45, 7) is 12.7. The van der Waals surface area contributed by atoms with Gasteiger partial charge in [-0.3, -0.25) is 0 Å². The van der Waals surface area contributed by atoms with Gasteiger partial charge in [-0.15, -0.1) is 0 Å². The van der Waals surface area contributed by atoms with E-state index in [9.17, 15) is 0 Å². The lowest BCUT2D eigenvalue weighted by Gasteiger charge is -2.42. The zero-order valence-corrected chi connectivity index (χ0v) is 16.9. The van der Waals surface area contributed by atoms with Gasteiger partial charge in [0.25, 0.3) is 0 Å². The molecule has 0 aromatic heterocycles. The molecule has 0 amide bonds. The van der Waals surface area contributed by atoms with E-state index in [0.29, 0.717) is 12.2 Å². The lowest BCUT2D eigenvalue weighted by molar-refractivity contribution is -0.0152. The third-order valence-electron chi connectivity index (χ3n) is 6.24. The average molecular weight is 325 g/mol. The van der Waals surface area contributed by atoms with E-state index in [-0.39, 0.29) is 0 Å². The van der Waals surface area contributed by atoms with Crippen LogP contribution in [0.3, 0.4) is 0 Å². The van der Waals surface area contributed by atoms with E-state index >= 15 is 0 Å². The molecule has 138 valence electrons. The van der Waals surface area contributed by atoms with Crippen molar-refractivity contribution in [3.8, 4) is 0 Å². The van der Waals surface area contributed by atoms with Crippen LogP contribution in [-0.2, 0) is 4.74 Å². The van der Waals surface area contributed by atoms with Crippen molar-refractivity contribution in [3.05, 3.63) is 0 Å². The van der Waals surface area contributed by atoms with Gasteiger partial charge >= 0.3 is 0 Å². The van der Waals surface area contributed by atoms with E-state index in [4.69, 9.17) is 4.74 Å². The molecule has 3 atom stereocenters. The van der Waals surface area contributed by atoms with Crippen molar-refractivity contribution in [1.29, 1.82) is 0 Å². The Labute approximate surface area is 147 Å². The van der Waals surface area contributed by atoms with Crippen molar-refractivity contribution >= 4 is 0 Å². The predicted octanol–water partition coefficient (Wildman–Crippen LogP) is 7.24. The van der Waals surface area contributed by atoms with Crippen LogP contribution in [0.2, 0.25) is 0 Å². The van der Waals surface area contributed by atoms with Crippen molar-refractivity contribution in [3.63, 3.8) is 0 Å². The van der Waals surface area contributed by atoms with Gasteiger partial charge in [0.05, 0.1) is 12.2 Å². The Bertz CT molecular complexity index is 268. The molecule has 0 aromatic rings. The van der Waals surface area contributed by atoms with E-state index < -0.39 is 0 Å². The zero-order valence-electron chi connectivity index (χ0n) is 16.9. The van der Waals surface area contributed by atoms with Gasteiger partial charge in [-0.1, -0.05) is 60.8 Å². The summed E-state index contributed by atoms with van der Waals surface area (Å²) in [5.74, 6) is 4.31.